The van der Waals surface area contributed by atoms with Gasteiger partial charge in [0.15, 0.2) is 5.88 Å². The van der Waals surface area contributed by atoms with E-state index in [1.165, 1.54) is 12.4 Å². The molecule has 7 heteroatoms. The summed E-state index contributed by atoms with van der Waals surface area (Å²) in [6.07, 6.45) is 8.80. The number of allylic oxidation sites excluding steroid dienone is 6. The third-order valence-electron chi connectivity index (χ3n) is 5.36. The van der Waals surface area contributed by atoms with Crippen molar-refractivity contribution in [3.8, 4) is 5.75 Å². The largest absolute Gasteiger partial charge is 0.515 e. The molecule has 0 bridgehead atoms. The van der Waals surface area contributed by atoms with E-state index in [9.17, 15) is 24.1 Å². The van der Waals surface area contributed by atoms with Gasteiger partial charge in [-0.3, -0.25) is 4.98 Å². The molecule has 154 valence electrons. The van der Waals surface area contributed by atoms with Crippen molar-refractivity contribution in [2.45, 2.75) is 32.7 Å². The van der Waals surface area contributed by atoms with Gasteiger partial charge in [0.05, 0.1) is 24.1 Å². The average Bonchev–Trinajstić information content (AvgIpc) is 2.69. The third kappa shape index (κ3) is 4.18. The monoisotopic (exact) mass is 402 g/mol. The van der Waals surface area contributed by atoms with Gasteiger partial charge in [-0.1, -0.05) is 36.8 Å². The minimum absolute atomic E-state index is 0.108. The van der Waals surface area contributed by atoms with Crippen LogP contribution in [0, 0.1) is 11.8 Å². The number of aromatic hydroxyl groups is 1. The zero-order valence-electron chi connectivity index (χ0n) is 16.2. The van der Waals surface area contributed by atoms with Gasteiger partial charge < -0.3 is 20.6 Å². The Hall–Kier alpha value is -3.09. The van der Waals surface area contributed by atoms with E-state index in [0.29, 0.717) is 23.1 Å². The lowest BCUT2D eigenvalue weighted by molar-refractivity contribution is 0.176. The van der Waals surface area contributed by atoms with Crippen molar-refractivity contribution in [3.05, 3.63) is 77.2 Å². The van der Waals surface area contributed by atoms with Crippen molar-refractivity contribution in [1.29, 1.82) is 0 Å². The van der Waals surface area contributed by atoms with E-state index in [4.69, 9.17) is 0 Å². The second kappa shape index (κ2) is 8.51. The number of dihydropyridines is 1. The highest BCUT2D eigenvalue weighted by molar-refractivity contribution is 5.71. The van der Waals surface area contributed by atoms with E-state index in [-0.39, 0.29) is 11.7 Å². The maximum Gasteiger partial charge on any atom is 0.269 e. The summed E-state index contributed by atoms with van der Waals surface area (Å²) in [5.41, 5.74) is 1.70. The Morgan fingerprint density at radius 2 is 2.07 bits per heavy atom. The molecule has 0 spiro atoms. The molecule has 3 rings (SSSR count). The highest BCUT2D eigenvalue weighted by atomic mass is 19.3. The van der Waals surface area contributed by atoms with E-state index in [0.717, 1.165) is 11.8 Å². The molecule has 1 aromatic rings. The van der Waals surface area contributed by atoms with E-state index in [1.54, 1.807) is 19.1 Å². The van der Waals surface area contributed by atoms with Gasteiger partial charge in [0.2, 0.25) is 0 Å². The fourth-order valence-corrected chi connectivity index (χ4v) is 3.83. The number of pyridine rings is 1. The molecule has 0 radical (unpaired) electrons. The van der Waals surface area contributed by atoms with Crippen LogP contribution in [-0.2, 0) is 0 Å². The van der Waals surface area contributed by atoms with Crippen LogP contribution in [0.3, 0.4) is 0 Å². The number of alkyl halides is 2. The Kier molecular flexibility index (Phi) is 6.06. The molecular formula is C22H24F2N2O3. The topological polar surface area (TPSA) is 85.6 Å². The second-order valence-corrected chi connectivity index (χ2v) is 7.28. The van der Waals surface area contributed by atoms with Crippen LogP contribution in [0.25, 0.3) is 5.57 Å². The first kappa shape index (κ1) is 20.6. The summed E-state index contributed by atoms with van der Waals surface area (Å²) in [5.74, 6) is -1.40. The molecule has 0 saturated heterocycles. The normalized spacial score (nSPS) is 23.6. The van der Waals surface area contributed by atoms with Gasteiger partial charge in [0, 0.05) is 29.2 Å². The first-order chi connectivity index (χ1) is 13.8. The summed E-state index contributed by atoms with van der Waals surface area (Å²) in [4.78, 5) is 3.83. The predicted octanol–water partition coefficient (Wildman–Crippen LogP) is 4.78. The number of rotatable bonds is 5. The average molecular weight is 402 g/mol. The Morgan fingerprint density at radius 1 is 1.31 bits per heavy atom. The van der Waals surface area contributed by atoms with Crippen molar-refractivity contribution >= 4 is 5.57 Å². The summed E-state index contributed by atoms with van der Waals surface area (Å²) in [7, 11) is 0. The van der Waals surface area contributed by atoms with Crippen LogP contribution < -0.4 is 5.32 Å². The van der Waals surface area contributed by atoms with Gasteiger partial charge in [-0.05, 0) is 25.0 Å². The number of nitrogens with zero attached hydrogens (tertiary/aromatic N) is 1. The summed E-state index contributed by atoms with van der Waals surface area (Å²) >= 11 is 0. The summed E-state index contributed by atoms with van der Waals surface area (Å²) in [6, 6.07) is 0.984. The van der Waals surface area contributed by atoms with Crippen LogP contribution in [0.5, 0.6) is 5.75 Å². The highest BCUT2D eigenvalue weighted by Crippen LogP contribution is 2.38. The predicted molar refractivity (Wildman–Crippen MR) is 107 cm³/mol. The highest BCUT2D eigenvalue weighted by Gasteiger charge is 2.34. The molecule has 0 fully saturated rings. The van der Waals surface area contributed by atoms with E-state index in [1.807, 2.05) is 25.2 Å². The molecule has 2 aliphatic rings. The smallest absolute Gasteiger partial charge is 0.269 e. The number of aliphatic hydroxyl groups is 2. The van der Waals surface area contributed by atoms with Crippen LogP contribution in [0.1, 0.15) is 25.8 Å². The Balaban J connectivity index is 2.00. The van der Waals surface area contributed by atoms with E-state index < -0.39 is 29.8 Å². The lowest BCUT2D eigenvalue weighted by Gasteiger charge is -2.33. The van der Waals surface area contributed by atoms with Gasteiger partial charge in [-0.15, -0.1) is 0 Å². The molecule has 3 atom stereocenters. The molecule has 3 unspecified atom stereocenters. The first-order valence-corrected chi connectivity index (χ1v) is 9.36. The zero-order chi connectivity index (χ0) is 21.1. The van der Waals surface area contributed by atoms with Crippen LogP contribution in [0.4, 0.5) is 8.78 Å². The third-order valence-corrected chi connectivity index (χ3v) is 5.36. The Bertz CT molecular complexity index is 932. The lowest BCUT2D eigenvalue weighted by Crippen LogP contribution is -2.39. The second-order valence-electron chi connectivity index (χ2n) is 7.28. The number of nitrogens with one attached hydrogen (secondary N) is 1. The fraction of sp³-hybridized carbons (Fsp3) is 0.318. The number of hydrogen-bond acceptors (Lipinski definition) is 5. The van der Waals surface area contributed by atoms with Crippen LogP contribution in [0.15, 0.2) is 71.6 Å². The van der Waals surface area contributed by atoms with Crippen molar-refractivity contribution in [2.75, 3.05) is 0 Å². The van der Waals surface area contributed by atoms with E-state index >= 15 is 0 Å². The molecular weight excluding hydrogens is 378 g/mol. The number of halogens is 2. The molecule has 5 nitrogen and oxygen atoms in total. The van der Waals surface area contributed by atoms with Gasteiger partial charge in [-0.2, -0.15) is 0 Å². The van der Waals surface area contributed by atoms with Crippen LogP contribution >= 0.6 is 0 Å². The minimum atomic E-state index is -2.83. The molecule has 0 amide bonds. The number of aliphatic hydroxyl groups excluding tert-OH is 2. The van der Waals surface area contributed by atoms with Crippen molar-refractivity contribution < 1.29 is 24.1 Å². The molecule has 1 aliphatic carbocycles. The molecule has 0 saturated carbocycles. The molecule has 29 heavy (non-hydrogen) atoms. The molecule has 1 aromatic heterocycles. The molecule has 0 aromatic carbocycles. The van der Waals surface area contributed by atoms with Gasteiger partial charge >= 0.3 is 0 Å². The maximum absolute atomic E-state index is 13.7. The molecule has 2 heterocycles. The van der Waals surface area contributed by atoms with Gasteiger partial charge in [0.1, 0.15) is 5.75 Å². The Morgan fingerprint density at radius 3 is 2.69 bits per heavy atom. The van der Waals surface area contributed by atoms with Gasteiger partial charge in [0.25, 0.3) is 6.43 Å². The van der Waals surface area contributed by atoms with Crippen molar-refractivity contribution in [1.82, 2.24) is 10.3 Å². The fourth-order valence-electron chi connectivity index (χ4n) is 3.83. The van der Waals surface area contributed by atoms with Gasteiger partial charge in [-0.25, -0.2) is 8.78 Å². The minimum Gasteiger partial charge on any atom is -0.515 e. The van der Waals surface area contributed by atoms with Crippen molar-refractivity contribution in [3.63, 3.8) is 0 Å². The summed E-state index contributed by atoms with van der Waals surface area (Å²) in [5, 5.41) is 33.0. The summed E-state index contributed by atoms with van der Waals surface area (Å²) < 4.78 is 27.4. The van der Waals surface area contributed by atoms with Crippen molar-refractivity contribution in [2.24, 2.45) is 11.8 Å². The SMILES string of the molecule is CC1=CC(C2=CC(C(C)/C(=C\O)c3ccncc3O)NC(O)=C2C(F)F)CC=C1. The summed E-state index contributed by atoms with van der Waals surface area (Å²) in [6.45, 7) is 3.67. The quantitative estimate of drug-likeness (QED) is 0.533. The zero-order valence-corrected chi connectivity index (χ0v) is 16.2. The number of aromatic nitrogens is 1. The first-order valence-electron chi connectivity index (χ1n) is 9.36. The maximum atomic E-state index is 13.7. The van der Waals surface area contributed by atoms with Crippen LogP contribution in [0.2, 0.25) is 0 Å². The molecule has 1 aliphatic heterocycles. The molecule has 4 N–H and O–H groups in total. The lowest BCUT2D eigenvalue weighted by atomic mass is 9.80. The van der Waals surface area contributed by atoms with E-state index in [2.05, 4.69) is 10.3 Å². The standard InChI is InChI=1S/C22H24F2N2O3/c1-12-4-3-5-14(8-12)16-9-18(26-22(29)20(16)21(23)24)13(2)17(11-27)15-6-7-25-10-19(15)28/h3-4,6-11,13-14,18,21,26-29H,5H2,1-2H3/b17-11+. The Labute approximate surface area is 168 Å². The number of hydrogen-bond donors (Lipinski definition) is 4. The van der Waals surface area contributed by atoms with Crippen LogP contribution in [-0.4, -0.2) is 32.8 Å².